The Morgan fingerprint density at radius 2 is 1.86 bits per heavy atom. The van der Waals surface area contributed by atoms with Crippen LogP contribution in [0.1, 0.15) is 6.92 Å². The Hall–Kier alpha value is -0.360. The predicted molar refractivity (Wildman–Crippen MR) is 35.1 cm³/mol. The summed E-state index contributed by atoms with van der Waals surface area (Å²) in [7, 11) is 0. The molecular weight excluding hydrogens is 109 g/mol. The Morgan fingerprint density at radius 3 is 1.86 bits per heavy atom. The maximum atomic E-state index is 9.82. The first-order chi connectivity index (χ1) is 2.64. The number of amides is 1. The minimum atomic E-state index is -0.435. The molecular formula is C4H10NOP. The van der Waals surface area contributed by atoms with Gasteiger partial charge in [-0.15, -0.1) is 0 Å². The lowest BCUT2D eigenvalue weighted by atomic mass is 10.3. The van der Waals surface area contributed by atoms with E-state index >= 15 is 0 Å². The highest BCUT2D eigenvalue weighted by atomic mass is 31.0. The van der Waals surface area contributed by atoms with Gasteiger partial charge in [0.05, 0.1) is 0 Å². The Bertz CT molecular complexity index is 77.7. The monoisotopic (exact) mass is 119 g/mol. The minimum Gasteiger partial charge on any atom is -0.366 e. The van der Waals surface area contributed by atoms with Gasteiger partial charge < -0.3 is 5.73 Å². The second kappa shape index (κ2) is 3.82. The molecule has 0 aromatic heterocycles. The average Bonchev–Trinajstić information content (AvgIpc) is 1.36. The van der Waals surface area contributed by atoms with E-state index in [1.807, 2.05) is 0 Å². The molecule has 1 unspecified atom stereocenters. The fourth-order valence-electron chi connectivity index (χ4n) is 0. The fourth-order valence-corrected chi connectivity index (χ4v) is 0. The fraction of sp³-hybridized carbons (Fsp3) is 0.250. The van der Waals surface area contributed by atoms with Gasteiger partial charge in [-0.1, -0.05) is 6.58 Å². The molecule has 2 nitrogen and oxygen atoms in total. The summed E-state index contributed by atoms with van der Waals surface area (Å²) >= 11 is 0. The van der Waals surface area contributed by atoms with E-state index in [0.717, 1.165) is 0 Å². The van der Waals surface area contributed by atoms with Crippen molar-refractivity contribution in [3.8, 4) is 0 Å². The van der Waals surface area contributed by atoms with Crippen LogP contribution in [0.3, 0.4) is 0 Å². The second-order valence-corrected chi connectivity index (χ2v) is 1.14. The van der Waals surface area contributed by atoms with E-state index in [2.05, 4.69) is 6.58 Å². The number of carbonyl (C=O) groups is 1. The Kier molecular flexibility index (Phi) is 5.35. The van der Waals surface area contributed by atoms with Crippen LogP contribution in [0.15, 0.2) is 12.2 Å². The third-order valence-electron chi connectivity index (χ3n) is 0.421. The minimum absolute atomic E-state index is 0. The molecule has 0 aliphatic carbocycles. The topological polar surface area (TPSA) is 43.1 Å². The zero-order chi connectivity index (χ0) is 5.15. The molecule has 0 saturated carbocycles. The average molecular weight is 119 g/mol. The molecule has 42 valence electrons. The van der Waals surface area contributed by atoms with E-state index in [-0.39, 0.29) is 9.90 Å². The van der Waals surface area contributed by atoms with Crippen LogP contribution in [0.25, 0.3) is 0 Å². The third kappa shape index (κ3) is 5.64. The molecule has 7 heavy (non-hydrogen) atoms. The predicted octanol–water partition coefficient (Wildman–Crippen LogP) is 0.106. The first-order valence-electron chi connectivity index (χ1n) is 1.60. The summed E-state index contributed by atoms with van der Waals surface area (Å²) in [4.78, 5) is 9.82. The van der Waals surface area contributed by atoms with Gasteiger partial charge in [0.25, 0.3) is 0 Å². The lowest BCUT2D eigenvalue weighted by molar-refractivity contribution is -0.114. The maximum absolute atomic E-state index is 9.82. The van der Waals surface area contributed by atoms with Crippen LogP contribution in [0.5, 0.6) is 0 Å². The van der Waals surface area contributed by atoms with Crippen molar-refractivity contribution in [2.75, 3.05) is 0 Å². The molecule has 3 heteroatoms. The van der Waals surface area contributed by atoms with Gasteiger partial charge in [0.1, 0.15) is 0 Å². The summed E-state index contributed by atoms with van der Waals surface area (Å²) in [6.45, 7) is 4.85. The first-order valence-corrected chi connectivity index (χ1v) is 1.60. The summed E-state index contributed by atoms with van der Waals surface area (Å²) in [5, 5.41) is 0. The van der Waals surface area contributed by atoms with E-state index < -0.39 is 5.91 Å². The number of primary amides is 1. The van der Waals surface area contributed by atoms with Crippen molar-refractivity contribution in [3.63, 3.8) is 0 Å². The van der Waals surface area contributed by atoms with Crippen LogP contribution in [-0.2, 0) is 4.79 Å². The number of hydrogen-bond donors (Lipinski definition) is 1. The SMILES string of the molecule is C=C(C)C(N)=O.P. The van der Waals surface area contributed by atoms with Gasteiger partial charge in [-0.05, 0) is 6.92 Å². The lowest BCUT2D eigenvalue weighted by Gasteiger charge is -1.81. The molecule has 0 aliphatic rings. The highest BCUT2D eigenvalue weighted by Crippen LogP contribution is 1.78. The van der Waals surface area contributed by atoms with Crippen molar-refractivity contribution in [1.82, 2.24) is 0 Å². The first kappa shape index (κ1) is 9.81. The maximum Gasteiger partial charge on any atom is 0.243 e. The Morgan fingerprint density at radius 1 is 1.71 bits per heavy atom. The van der Waals surface area contributed by atoms with E-state index in [1.54, 1.807) is 6.92 Å². The van der Waals surface area contributed by atoms with Crippen molar-refractivity contribution in [1.29, 1.82) is 0 Å². The smallest absolute Gasteiger partial charge is 0.243 e. The summed E-state index contributed by atoms with van der Waals surface area (Å²) in [6, 6.07) is 0. The largest absolute Gasteiger partial charge is 0.366 e. The third-order valence-corrected chi connectivity index (χ3v) is 0.421. The van der Waals surface area contributed by atoms with Gasteiger partial charge in [0.15, 0.2) is 0 Å². The normalized spacial score (nSPS) is 6.43. The van der Waals surface area contributed by atoms with Gasteiger partial charge in [-0.3, -0.25) is 4.79 Å². The number of nitrogens with two attached hydrogens (primary N) is 1. The van der Waals surface area contributed by atoms with Gasteiger partial charge in [-0.25, -0.2) is 0 Å². The van der Waals surface area contributed by atoms with Crippen LogP contribution < -0.4 is 5.73 Å². The van der Waals surface area contributed by atoms with Gasteiger partial charge in [0.2, 0.25) is 5.91 Å². The lowest BCUT2D eigenvalue weighted by Crippen LogP contribution is -2.10. The molecule has 0 rings (SSSR count). The quantitative estimate of drug-likeness (QED) is 0.386. The zero-order valence-corrected chi connectivity index (χ0v) is 5.81. The van der Waals surface area contributed by atoms with E-state index in [9.17, 15) is 4.79 Å². The Labute approximate surface area is 46.4 Å². The summed E-state index contributed by atoms with van der Waals surface area (Å²) in [5.74, 6) is -0.435. The molecule has 0 heterocycles. The molecule has 2 N–H and O–H groups in total. The van der Waals surface area contributed by atoms with E-state index in [0.29, 0.717) is 5.57 Å². The molecule has 0 bridgehead atoms. The molecule has 0 spiro atoms. The molecule has 0 saturated heterocycles. The molecule has 0 radical (unpaired) electrons. The summed E-state index contributed by atoms with van der Waals surface area (Å²) in [5.41, 5.74) is 5.09. The standard InChI is InChI=1S/C4H7NO.H3P/c1-3(2)4(5)6;/h1H2,2H3,(H2,5,6);1H3. The van der Waals surface area contributed by atoms with E-state index in [1.165, 1.54) is 0 Å². The van der Waals surface area contributed by atoms with Crippen molar-refractivity contribution in [3.05, 3.63) is 12.2 Å². The Balaban J connectivity index is 0. The number of hydrogen-bond acceptors (Lipinski definition) is 1. The molecule has 0 fully saturated rings. The van der Waals surface area contributed by atoms with Gasteiger partial charge >= 0.3 is 0 Å². The van der Waals surface area contributed by atoms with Crippen LogP contribution in [0, 0.1) is 0 Å². The second-order valence-electron chi connectivity index (χ2n) is 1.14. The molecule has 0 aliphatic heterocycles. The van der Waals surface area contributed by atoms with Crippen LogP contribution in [-0.4, -0.2) is 5.91 Å². The number of carbonyl (C=O) groups excluding carboxylic acids is 1. The molecule has 0 aromatic rings. The summed E-state index contributed by atoms with van der Waals surface area (Å²) in [6.07, 6.45) is 0. The van der Waals surface area contributed by atoms with Gasteiger partial charge in [0, 0.05) is 5.57 Å². The van der Waals surface area contributed by atoms with Crippen LogP contribution >= 0.6 is 9.90 Å². The van der Waals surface area contributed by atoms with Crippen LogP contribution in [0.4, 0.5) is 0 Å². The molecule has 0 aromatic carbocycles. The summed E-state index contributed by atoms with van der Waals surface area (Å²) < 4.78 is 0. The highest BCUT2D eigenvalue weighted by Gasteiger charge is 1.86. The molecule has 1 amide bonds. The number of rotatable bonds is 1. The van der Waals surface area contributed by atoms with E-state index in [4.69, 9.17) is 5.73 Å². The van der Waals surface area contributed by atoms with Crippen molar-refractivity contribution < 1.29 is 4.79 Å². The molecule has 1 atom stereocenters. The van der Waals surface area contributed by atoms with Gasteiger partial charge in [-0.2, -0.15) is 9.90 Å². The van der Waals surface area contributed by atoms with Crippen molar-refractivity contribution in [2.45, 2.75) is 6.92 Å². The highest BCUT2D eigenvalue weighted by molar-refractivity contribution is 6.92. The van der Waals surface area contributed by atoms with Crippen LogP contribution in [0.2, 0.25) is 0 Å². The van der Waals surface area contributed by atoms with Crippen molar-refractivity contribution >= 4 is 15.8 Å². The zero-order valence-electron chi connectivity index (χ0n) is 4.40. The van der Waals surface area contributed by atoms with Crippen molar-refractivity contribution in [2.24, 2.45) is 5.73 Å².